The first kappa shape index (κ1) is 21.8. The van der Waals surface area contributed by atoms with E-state index in [1.807, 2.05) is 25.1 Å². The molecule has 32 heavy (non-hydrogen) atoms. The molecule has 6 nitrogen and oxygen atoms in total. The highest BCUT2D eigenvalue weighted by molar-refractivity contribution is 7.19. The molecule has 2 heterocycles. The van der Waals surface area contributed by atoms with Gasteiger partial charge in [0.1, 0.15) is 22.7 Å². The number of fused-ring (bicyclic) bond motifs is 1. The summed E-state index contributed by atoms with van der Waals surface area (Å²) in [6.07, 6.45) is 1.86. The van der Waals surface area contributed by atoms with Crippen LogP contribution in [-0.2, 0) is 4.79 Å². The summed E-state index contributed by atoms with van der Waals surface area (Å²) in [5, 5.41) is 7.28. The maximum absolute atomic E-state index is 12.5. The van der Waals surface area contributed by atoms with Crippen LogP contribution in [0.25, 0.3) is 21.3 Å². The van der Waals surface area contributed by atoms with Crippen LogP contribution in [0.1, 0.15) is 22.4 Å². The van der Waals surface area contributed by atoms with Gasteiger partial charge >= 0.3 is 0 Å². The average Bonchev–Trinajstić information content (AvgIpc) is 3.11. The summed E-state index contributed by atoms with van der Waals surface area (Å²) in [4.78, 5) is 23.6. The molecule has 0 aliphatic carbocycles. The molecule has 2 N–H and O–H groups in total. The van der Waals surface area contributed by atoms with Gasteiger partial charge in [0.05, 0.1) is 18.2 Å². The highest BCUT2D eigenvalue weighted by Crippen LogP contribution is 2.40. The van der Waals surface area contributed by atoms with Crippen LogP contribution in [0.15, 0.2) is 48.8 Å². The Hall–Kier alpha value is -3.45. The zero-order valence-corrected chi connectivity index (χ0v) is 19.5. The number of ether oxygens (including phenoxy) is 1. The van der Waals surface area contributed by atoms with Crippen molar-refractivity contribution in [2.24, 2.45) is 0 Å². The number of hydrogen-bond acceptors (Lipinski definition) is 6. The first-order valence-electron chi connectivity index (χ1n) is 10.5. The van der Waals surface area contributed by atoms with Crippen molar-refractivity contribution in [3.8, 4) is 16.9 Å². The number of nitrogens with zero attached hydrogens (tertiary/aromatic N) is 2. The minimum Gasteiger partial charge on any atom is -0.495 e. The van der Waals surface area contributed by atoms with Crippen molar-refractivity contribution in [1.82, 2.24) is 9.97 Å². The number of carbonyl (C=O) groups is 1. The molecule has 4 aromatic rings. The third kappa shape index (κ3) is 4.57. The van der Waals surface area contributed by atoms with Gasteiger partial charge in [-0.3, -0.25) is 4.79 Å². The molecule has 0 spiro atoms. The Kier molecular flexibility index (Phi) is 6.37. The second kappa shape index (κ2) is 9.36. The summed E-state index contributed by atoms with van der Waals surface area (Å²) in [7, 11) is 1.59. The fraction of sp³-hybridized carbons (Fsp3) is 0.240. The van der Waals surface area contributed by atoms with E-state index in [1.54, 1.807) is 24.8 Å². The number of amides is 1. The number of thiophene rings is 1. The van der Waals surface area contributed by atoms with Crippen molar-refractivity contribution in [2.45, 2.75) is 27.2 Å². The van der Waals surface area contributed by atoms with Gasteiger partial charge in [-0.15, -0.1) is 11.3 Å². The summed E-state index contributed by atoms with van der Waals surface area (Å²) in [5.41, 5.74) is 5.23. The van der Waals surface area contributed by atoms with Gasteiger partial charge in [0.25, 0.3) is 0 Å². The van der Waals surface area contributed by atoms with Crippen LogP contribution in [0.2, 0.25) is 0 Å². The number of aromatic nitrogens is 2. The Morgan fingerprint density at radius 3 is 2.53 bits per heavy atom. The zero-order chi connectivity index (χ0) is 22.7. The Bertz CT molecular complexity index is 1270. The quantitative estimate of drug-likeness (QED) is 0.379. The molecule has 2 aromatic heterocycles. The van der Waals surface area contributed by atoms with E-state index in [1.165, 1.54) is 10.4 Å². The molecular weight excluding hydrogens is 420 g/mol. The van der Waals surface area contributed by atoms with Crippen LogP contribution in [0.4, 0.5) is 11.5 Å². The molecular formula is C25H26N4O2S. The fourth-order valence-electron chi connectivity index (χ4n) is 3.67. The Morgan fingerprint density at radius 1 is 1.03 bits per heavy atom. The fourth-order valence-corrected chi connectivity index (χ4v) is 4.69. The molecule has 0 saturated carbocycles. The number of carbonyl (C=O) groups excluding carboxylic acids is 1. The molecule has 164 valence electrons. The maximum Gasteiger partial charge on any atom is 0.226 e. The van der Waals surface area contributed by atoms with Gasteiger partial charge in [-0.25, -0.2) is 9.97 Å². The van der Waals surface area contributed by atoms with E-state index in [9.17, 15) is 4.79 Å². The van der Waals surface area contributed by atoms with Crippen molar-refractivity contribution in [3.63, 3.8) is 0 Å². The second-order valence-electron chi connectivity index (χ2n) is 7.73. The highest BCUT2D eigenvalue weighted by Gasteiger charge is 2.17. The van der Waals surface area contributed by atoms with E-state index in [2.05, 4.69) is 58.7 Å². The largest absolute Gasteiger partial charge is 0.495 e. The van der Waals surface area contributed by atoms with Gasteiger partial charge in [-0.2, -0.15) is 0 Å². The number of methoxy groups -OCH3 is 1. The van der Waals surface area contributed by atoms with Crippen LogP contribution in [0.3, 0.4) is 0 Å². The monoisotopic (exact) mass is 446 g/mol. The number of aryl methyl sites for hydroxylation is 3. The molecule has 0 aliphatic heterocycles. The van der Waals surface area contributed by atoms with E-state index in [4.69, 9.17) is 4.74 Å². The Morgan fingerprint density at radius 2 is 1.78 bits per heavy atom. The molecule has 0 saturated heterocycles. The molecule has 2 aromatic carbocycles. The first-order valence-corrected chi connectivity index (χ1v) is 11.3. The molecule has 1 amide bonds. The lowest BCUT2D eigenvalue weighted by Gasteiger charge is -2.12. The molecule has 0 fully saturated rings. The van der Waals surface area contributed by atoms with E-state index in [0.29, 0.717) is 24.4 Å². The van der Waals surface area contributed by atoms with Gasteiger partial charge in [0, 0.05) is 23.4 Å². The average molecular weight is 447 g/mol. The Balaban J connectivity index is 1.51. The van der Waals surface area contributed by atoms with Gasteiger partial charge in [0.2, 0.25) is 5.91 Å². The zero-order valence-electron chi connectivity index (χ0n) is 18.7. The molecule has 0 bridgehead atoms. The predicted octanol–water partition coefficient (Wildman–Crippen LogP) is 5.73. The summed E-state index contributed by atoms with van der Waals surface area (Å²) in [5.74, 6) is 1.30. The number of rotatable bonds is 7. The summed E-state index contributed by atoms with van der Waals surface area (Å²) in [6.45, 7) is 6.61. The van der Waals surface area contributed by atoms with Crippen molar-refractivity contribution in [2.75, 3.05) is 24.3 Å². The molecule has 0 unspecified atom stereocenters. The summed E-state index contributed by atoms with van der Waals surface area (Å²) >= 11 is 1.65. The van der Waals surface area contributed by atoms with E-state index < -0.39 is 0 Å². The number of hydrogen-bond donors (Lipinski definition) is 2. The van der Waals surface area contributed by atoms with Crippen LogP contribution in [0.5, 0.6) is 5.75 Å². The molecule has 0 radical (unpaired) electrons. The normalized spacial score (nSPS) is 10.9. The SMILES string of the molecule is COc1ccc(C)cc1NC(=O)CCNc1ncnc2sc(C)c(-c3ccc(C)cc3)c12. The summed E-state index contributed by atoms with van der Waals surface area (Å²) in [6, 6.07) is 14.2. The molecule has 7 heteroatoms. The second-order valence-corrected chi connectivity index (χ2v) is 8.93. The van der Waals surface area contributed by atoms with Gasteiger partial charge in [0.15, 0.2) is 0 Å². The van der Waals surface area contributed by atoms with E-state index in [0.717, 1.165) is 32.7 Å². The minimum absolute atomic E-state index is 0.0908. The maximum atomic E-state index is 12.5. The van der Waals surface area contributed by atoms with Gasteiger partial charge in [-0.05, 0) is 44.0 Å². The van der Waals surface area contributed by atoms with Crippen molar-refractivity contribution < 1.29 is 9.53 Å². The number of nitrogens with one attached hydrogen (secondary N) is 2. The lowest BCUT2D eigenvalue weighted by Crippen LogP contribution is -2.17. The minimum atomic E-state index is -0.0908. The van der Waals surface area contributed by atoms with Crippen molar-refractivity contribution in [1.29, 1.82) is 0 Å². The third-order valence-corrected chi connectivity index (χ3v) is 6.29. The van der Waals surface area contributed by atoms with Crippen LogP contribution in [-0.4, -0.2) is 29.5 Å². The van der Waals surface area contributed by atoms with Gasteiger partial charge < -0.3 is 15.4 Å². The van der Waals surface area contributed by atoms with E-state index >= 15 is 0 Å². The number of benzene rings is 2. The highest BCUT2D eigenvalue weighted by atomic mass is 32.1. The van der Waals surface area contributed by atoms with Crippen LogP contribution < -0.4 is 15.4 Å². The lowest BCUT2D eigenvalue weighted by atomic mass is 10.0. The van der Waals surface area contributed by atoms with Crippen LogP contribution >= 0.6 is 11.3 Å². The number of anilines is 2. The summed E-state index contributed by atoms with van der Waals surface area (Å²) < 4.78 is 5.34. The predicted molar refractivity (Wildman–Crippen MR) is 132 cm³/mol. The van der Waals surface area contributed by atoms with Crippen molar-refractivity contribution in [3.05, 3.63) is 64.8 Å². The lowest BCUT2D eigenvalue weighted by molar-refractivity contribution is -0.116. The van der Waals surface area contributed by atoms with Crippen molar-refractivity contribution >= 4 is 39.0 Å². The standard InChI is InChI=1S/C25H26N4O2S/c1-15-5-8-18(9-6-15)22-17(3)32-25-23(22)24(27-14-28-25)26-12-11-21(30)29-19-13-16(2)7-10-20(19)31-4/h5-10,13-14H,11-12H2,1-4H3,(H,29,30)(H,26,27,28). The van der Waals surface area contributed by atoms with E-state index in [-0.39, 0.29) is 5.91 Å². The molecule has 0 atom stereocenters. The Labute approximate surface area is 191 Å². The molecule has 4 rings (SSSR count). The third-order valence-electron chi connectivity index (χ3n) is 5.28. The smallest absolute Gasteiger partial charge is 0.226 e. The van der Waals surface area contributed by atoms with Crippen LogP contribution in [0, 0.1) is 20.8 Å². The topological polar surface area (TPSA) is 76.1 Å². The first-order chi connectivity index (χ1) is 15.5. The van der Waals surface area contributed by atoms with Gasteiger partial charge in [-0.1, -0.05) is 35.9 Å². The molecule has 0 aliphatic rings.